The van der Waals surface area contributed by atoms with E-state index in [0.717, 1.165) is 36.5 Å². The van der Waals surface area contributed by atoms with Crippen LogP contribution in [0.1, 0.15) is 24.0 Å². The summed E-state index contributed by atoms with van der Waals surface area (Å²) in [4.78, 5) is 32.3. The van der Waals surface area contributed by atoms with E-state index in [0.29, 0.717) is 26.0 Å². The molecule has 0 aliphatic carbocycles. The lowest BCUT2D eigenvalue weighted by atomic mass is 9.85. The first-order chi connectivity index (χ1) is 16.6. The van der Waals surface area contributed by atoms with E-state index in [9.17, 15) is 9.59 Å². The van der Waals surface area contributed by atoms with Crippen molar-refractivity contribution in [3.05, 3.63) is 71.8 Å². The van der Waals surface area contributed by atoms with Crippen molar-refractivity contribution >= 4 is 18.0 Å². The van der Waals surface area contributed by atoms with E-state index in [1.807, 2.05) is 54.6 Å². The van der Waals surface area contributed by atoms with Crippen LogP contribution in [0.15, 0.2) is 60.7 Å². The van der Waals surface area contributed by atoms with Crippen LogP contribution >= 0.6 is 0 Å². The zero-order chi connectivity index (χ0) is 24.0. The summed E-state index contributed by atoms with van der Waals surface area (Å²) in [5, 5.41) is 0. The van der Waals surface area contributed by atoms with Gasteiger partial charge in [0.1, 0.15) is 11.3 Å². The second-order valence-electron chi connectivity index (χ2n) is 8.78. The molecule has 2 fully saturated rings. The normalized spacial score (nSPS) is 18.4. The molecular weight excluding hydrogens is 430 g/mol. The monoisotopic (exact) mass is 463 g/mol. The number of rotatable bonds is 9. The van der Waals surface area contributed by atoms with Crippen LogP contribution in [0.3, 0.4) is 0 Å². The molecule has 34 heavy (non-hydrogen) atoms. The quantitative estimate of drug-likeness (QED) is 0.531. The fourth-order valence-corrected chi connectivity index (χ4v) is 4.87. The molecule has 2 aliphatic heterocycles. The van der Waals surface area contributed by atoms with Crippen LogP contribution < -0.4 is 4.74 Å². The van der Waals surface area contributed by atoms with Crippen molar-refractivity contribution in [3.8, 4) is 5.75 Å². The maximum atomic E-state index is 13.5. The van der Waals surface area contributed by atoms with Crippen molar-refractivity contribution in [2.24, 2.45) is 0 Å². The van der Waals surface area contributed by atoms with Gasteiger partial charge in [-0.05, 0) is 24.5 Å². The fourth-order valence-electron chi connectivity index (χ4n) is 4.87. The van der Waals surface area contributed by atoms with Crippen LogP contribution in [0.4, 0.5) is 4.79 Å². The van der Waals surface area contributed by atoms with E-state index in [-0.39, 0.29) is 18.5 Å². The van der Waals surface area contributed by atoms with Gasteiger partial charge in [0.2, 0.25) is 0 Å². The van der Waals surface area contributed by atoms with Crippen molar-refractivity contribution in [2.75, 3.05) is 47.0 Å². The molecule has 2 aliphatic rings. The molecule has 0 unspecified atom stereocenters. The Labute approximate surface area is 201 Å². The minimum absolute atomic E-state index is 0.0882. The summed E-state index contributed by atoms with van der Waals surface area (Å²) in [6.45, 7) is 3.33. The Morgan fingerprint density at radius 1 is 0.971 bits per heavy atom. The number of urea groups is 1. The number of benzene rings is 2. The van der Waals surface area contributed by atoms with Gasteiger partial charge in [0.05, 0.1) is 20.3 Å². The van der Waals surface area contributed by atoms with Crippen molar-refractivity contribution in [1.29, 1.82) is 0 Å². The molecule has 1 spiro atoms. The van der Waals surface area contributed by atoms with E-state index >= 15 is 0 Å². The number of hydrogen-bond donors (Lipinski definition) is 0. The molecule has 0 saturated carbocycles. The van der Waals surface area contributed by atoms with E-state index in [2.05, 4.69) is 17.1 Å². The minimum atomic E-state index is -0.788. The second kappa shape index (κ2) is 10.8. The summed E-state index contributed by atoms with van der Waals surface area (Å²) in [5.74, 6) is 0.758. The molecular formula is C27H33N3O4. The van der Waals surface area contributed by atoms with Crippen LogP contribution in [0.2, 0.25) is 0 Å². The number of carbonyl (C=O) groups excluding carboxylic acids is 2. The molecule has 2 aromatic carbocycles. The lowest BCUT2D eigenvalue weighted by Crippen LogP contribution is -2.56. The van der Waals surface area contributed by atoms with Gasteiger partial charge in [-0.25, -0.2) is 4.79 Å². The molecule has 0 radical (unpaired) electrons. The van der Waals surface area contributed by atoms with Gasteiger partial charge in [0.25, 0.3) is 5.91 Å². The smallest absolute Gasteiger partial charge is 0.328 e. The maximum Gasteiger partial charge on any atom is 0.328 e. The Morgan fingerprint density at radius 3 is 2.38 bits per heavy atom. The number of carbonyl (C=O) groups is 2. The van der Waals surface area contributed by atoms with Crippen LogP contribution in [-0.4, -0.2) is 79.2 Å². The number of piperidine rings is 1. The summed E-state index contributed by atoms with van der Waals surface area (Å²) in [5.41, 5.74) is 1.28. The van der Waals surface area contributed by atoms with Crippen molar-refractivity contribution in [1.82, 2.24) is 14.7 Å². The third-order valence-electron chi connectivity index (χ3n) is 6.81. The first kappa shape index (κ1) is 24.0. The lowest BCUT2D eigenvalue weighted by molar-refractivity contribution is -0.136. The van der Waals surface area contributed by atoms with Gasteiger partial charge >= 0.3 is 6.03 Å². The third-order valence-corrected chi connectivity index (χ3v) is 6.81. The van der Waals surface area contributed by atoms with Gasteiger partial charge in [-0.1, -0.05) is 60.7 Å². The third kappa shape index (κ3) is 4.86. The SMILES string of the molecule is COCCN1C(=O)N(Cc2ccccc2)C2(CCN(CC=Cc3ccccc3OC)CC2)C1=O. The van der Waals surface area contributed by atoms with E-state index in [4.69, 9.17) is 9.47 Å². The lowest BCUT2D eigenvalue weighted by Gasteiger charge is -2.42. The zero-order valence-electron chi connectivity index (χ0n) is 20.0. The molecule has 2 aromatic rings. The Morgan fingerprint density at radius 2 is 1.68 bits per heavy atom. The topological polar surface area (TPSA) is 62.3 Å². The van der Waals surface area contributed by atoms with Gasteiger partial charge in [-0.3, -0.25) is 14.6 Å². The molecule has 0 bridgehead atoms. The van der Waals surface area contributed by atoms with Crippen molar-refractivity contribution < 1.29 is 19.1 Å². The molecule has 180 valence electrons. The largest absolute Gasteiger partial charge is 0.496 e. The number of hydrogen-bond acceptors (Lipinski definition) is 5. The summed E-state index contributed by atoms with van der Waals surface area (Å²) in [7, 11) is 3.26. The molecule has 2 heterocycles. The predicted molar refractivity (Wildman–Crippen MR) is 131 cm³/mol. The second-order valence-corrected chi connectivity index (χ2v) is 8.78. The highest BCUT2D eigenvalue weighted by Crippen LogP contribution is 2.38. The highest BCUT2D eigenvalue weighted by Gasteiger charge is 2.57. The molecule has 2 saturated heterocycles. The summed E-state index contributed by atoms with van der Waals surface area (Å²) in [6, 6.07) is 17.6. The number of ether oxygens (including phenoxy) is 2. The van der Waals surface area contributed by atoms with Crippen LogP contribution in [-0.2, 0) is 16.1 Å². The summed E-state index contributed by atoms with van der Waals surface area (Å²) < 4.78 is 10.6. The molecule has 3 amide bonds. The molecule has 7 heteroatoms. The predicted octanol–water partition coefficient (Wildman–Crippen LogP) is 3.65. The zero-order valence-corrected chi connectivity index (χ0v) is 20.0. The molecule has 4 rings (SSSR count). The van der Waals surface area contributed by atoms with E-state index in [1.165, 1.54) is 4.90 Å². The van der Waals surface area contributed by atoms with E-state index in [1.54, 1.807) is 19.1 Å². The summed E-state index contributed by atoms with van der Waals surface area (Å²) in [6.07, 6.45) is 5.44. The van der Waals surface area contributed by atoms with Gasteiger partial charge in [-0.2, -0.15) is 0 Å². The number of methoxy groups -OCH3 is 2. The summed E-state index contributed by atoms with van der Waals surface area (Å²) >= 11 is 0. The van der Waals surface area contributed by atoms with Gasteiger partial charge in [-0.15, -0.1) is 0 Å². The maximum absolute atomic E-state index is 13.5. The number of amides is 3. The van der Waals surface area contributed by atoms with E-state index < -0.39 is 5.54 Å². The molecule has 0 atom stereocenters. The Balaban J connectivity index is 1.46. The van der Waals surface area contributed by atoms with Crippen molar-refractivity contribution in [2.45, 2.75) is 24.9 Å². The van der Waals surface area contributed by atoms with Crippen LogP contribution in [0.25, 0.3) is 6.08 Å². The molecule has 0 N–H and O–H groups in total. The first-order valence-corrected chi connectivity index (χ1v) is 11.8. The Hall–Kier alpha value is -3.16. The van der Waals surface area contributed by atoms with Crippen LogP contribution in [0, 0.1) is 0 Å². The van der Waals surface area contributed by atoms with Gasteiger partial charge in [0.15, 0.2) is 0 Å². The number of imide groups is 1. The van der Waals surface area contributed by atoms with Gasteiger partial charge < -0.3 is 14.4 Å². The molecule has 7 nitrogen and oxygen atoms in total. The Kier molecular flexibility index (Phi) is 7.65. The van der Waals surface area contributed by atoms with Crippen LogP contribution in [0.5, 0.6) is 5.75 Å². The highest BCUT2D eigenvalue weighted by molar-refractivity contribution is 6.07. The molecule has 0 aromatic heterocycles. The number of para-hydroxylation sites is 1. The number of likely N-dealkylation sites (tertiary alicyclic amines) is 1. The average Bonchev–Trinajstić information content (AvgIpc) is 3.06. The number of nitrogens with zero attached hydrogens (tertiary/aromatic N) is 3. The standard InChI is InChI=1S/C27H33N3O4/c1-33-20-19-29-25(31)27(30(26(29)32)21-22-9-4-3-5-10-22)14-17-28(18-15-27)16-8-12-23-11-6-7-13-24(23)34-2/h3-13H,14-21H2,1-2H3. The van der Waals surface area contributed by atoms with Gasteiger partial charge in [0, 0.05) is 38.9 Å². The average molecular weight is 464 g/mol. The Bertz CT molecular complexity index is 1020. The minimum Gasteiger partial charge on any atom is -0.496 e. The first-order valence-electron chi connectivity index (χ1n) is 11.8. The fraction of sp³-hybridized carbons (Fsp3) is 0.407. The highest BCUT2D eigenvalue weighted by atomic mass is 16.5. The van der Waals surface area contributed by atoms with Crippen molar-refractivity contribution in [3.63, 3.8) is 0 Å².